The van der Waals surface area contributed by atoms with Gasteiger partial charge in [-0.15, -0.1) is 6.42 Å². The number of nitrogens with one attached hydrogen (secondary N) is 1. The Balaban J connectivity index is 1.95. The second-order valence-electron chi connectivity index (χ2n) is 4.96. The van der Waals surface area contributed by atoms with Crippen molar-refractivity contribution in [2.45, 2.75) is 6.42 Å². The van der Waals surface area contributed by atoms with Gasteiger partial charge in [0.1, 0.15) is 0 Å². The summed E-state index contributed by atoms with van der Waals surface area (Å²) >= 11 is 0. The molecule has 0 aliphatic heterocycles. The van der Waals surface area contributed by atoms with Crippen molar-refractivity contribution < 1.29 is 28.9 Å². The number of benzene rings is 1. The van der Waals surface area contributed by atoms with Crippen molar-refractivity contribution in [1.29, 1.82) is 0 Å². The third kappa shape index (κ3) is 10.1. The van der Waals surface area contributed by atoms with Crippen LogP contribution in [0.15, 0.2) is 24.3 Å². The van der Waals surface area contributed by atoms with Crippen LogP contribution in [0, 0.1) is 12.3 Å². The number of carbonyl (C=O) groups excluding carboxylic acids is 1. The first-order chi connectivity index (χ1) is 12.1. The van der Waals surface area contributed by atoms with Gasteiger partial charge in [0.05, 0.1) is 46.1 Å². The van der Waals surface area contributed by atoms with Crippen LogP contribution in [-0.4, -0.2) is 63.2 Å². The minimum Gasteiger partial charge on any atom is -0.481 e. The molecule has 1 amide bonds. The van der Waals surface area contributed by atoms with Crippen molar-refractivity contribution in [1.82, 2.24) is 5.32 Å². The van der Waals surface area contributed by atoms with Crippen LogP contribution in [0.25, 0.3) is 0 Å². The van der Waals surface area contributed by atoms with Crippen molar-refractivity contribution in [3.63, 3.8) is 0 Å². The van der Waals surface area contributed by atoms with Crippen LogP contribution in [0.3, 0.4) is 0 Å². The number of carbonyl (C=O) groups is 2. The second-order valence-corrected chi connectivity index (χ2v) is 4.96. The highest BCUT2D eigenvalue weighted by atomic mass is 16.5. The quantitative estimate of drug-likeness (QED) is 0.406. The second kappa shape index (κ2) is 13.0. The first kappa shape index (κ1) is 20.6. The summed E-state index contributed by atoms with van der Waals surface area (Å²) in [7, 11) is 0. The number of aliphatic carboxylic acids is 1. The number of terminal acetylenes is 1. The van der Waals surface area contributed by atoms with E-state index in [9.17, 15) is 9.59 Å². The van der Waals surface area contributed by atoms with Gasteiger partial charge in [-0.25, -0.2) is 0 Å². The van der Waals surface area contributed by atoms with Crippen LogP contribution < -0.4 is 5.32 Å². The minimum atomic E-state index is -0.884. The van der Waals surface area contributed by atoms with Crippen LogP contribution >= 0.6 is 0 Å². The van der Waals surface area contributed by atoms with E-state index in [2.05, 4.69) is 11.2 Å². The maximum atomic E-state index is 11.9. The highest BCUT2D eigenvalue weighted by Gasteiger charge is 2.04. The fourth-order valence-corrected chi connectivity index (χ4v) is 1.79. The largest absolute Gasteiger partial charge is 0.481 e. The number of amides is 1. The maximum Gasteiger partial charge on any atom is 0.305 e. The molecule has 0 aliphatic carbocycles. The lowest BCUT2D eigenvalue weighted by atomic mass is 10.1. The summed E-state index contributed by atoms with van der Waals surface area (Å²) < 4.78 is 15.7. The summed E-state index contributed by atoms with van der Waals surface area (Å²) in [5, 5.41) is 11.2. The molecule has 0 radical (unpaired) electrons. The molecule has 2 N–H and O–H groups in total. The van der Waals surface area contributed by atoms with E-state index in [1.165, 1.54) is 0 Å². The minimum absolute atomic E-state index is 0.0120. The lowest BCUT2D eigenvalue weighted by Crippen LogP contribution is -2.27. The van der Waals surface area contributed by atoms with Crippen molar-refractivity contribution in [2.75, 3.05) is 46.2 Å². The molecule has 0 saturated heterocycles. The van der Waals surface area contributed by atoms with Gasteiger partial charge in [-0.3, -0.25) is 9.59 Å². The Kier molecular flexibility index (Phi) is 10.7. The molecule has 0 fully saturated rings. The fraction of sp³-hybridized carbons (Fsp3) is 0.444. The van der Waals surface area contributed by atoms with Gasteiger partial charge in [0.2, 0.25) is 0 Å². The van der Waals surface area contributed by atoms with Crippen LogP contribution in [0.4, 0.5) is 0 Å². The molecule has 0 unspecified atom stereocenters. The van der Waals surface area contributed by atoms with Crippen LogP contribution in [0.2, 0.25) is 0 Å². The molecule has 0 atom stereocenters. The standard InChI is InChI=1S/C18H23NO6/c1-2-15-4-3-5-16(14-15)18(22)19-7-9-24-11-13-25-12-10-23-8-6-17(20)21/h1,3-5,14H,6-13H2,(H,19,22)(H,20,21). The SMILES string of the molecule is C#Cc1cccc(C(=O)NCCOCCOCCOCCC(=O)O)c1. The number of rotatable bonds is 13. The molecular weight excluding hydrogens is 326 g/mol. The molecule has 1 aromatic carbocycles. The number of hydrogen-bond donors (Lipinski definition) is 2. The predicted octanol–water partition coefficient (Wildman–Crippen LogP) is 0.922. The molecule has 1 rings (SSSR count). The van der Waals surface area contributed by atoms with Crippen molar-refractivity contribution in [3.8, 4) is 12.3 Å². The highest BCUT2D eigenvalue weighted by Crippen LogP contribution is 2.03. The smallest absolute Gasteiger partial charge is 0.305 e. The Morgan fingerprint density at radius 2 is 1.68 bits per heavy atom. The van der Waals surface area contributed by atoms with Crippen LogP contribution in [0.5, 0.6) is 0 Å². The lowest BCUT2D eigenvalue weighted by Gasteiger charge is -2.08. The number of hydrogen-bond acceptors (Lipinski definition) is 5. The van der Waals surface area contributed by atoms with E-state index >= 15 is 0 Å². The van der Waals surface area contributed by atoms with Gasteiger partial charge in [0.15, 0.2) is 0 Å². The fourth-order valence-electron chi connectivity index (χ4n) is 1.79. The van der Waals surface area contributed by atoms with E-state index in [1.54, 1.807) is 24.3 Å². The summed E-state index contributed by atoms with van der Waals surface area (Å²) in [5.74, 6) is 1.40. The van der Waals surface area contributed by atoms with Crippen molar-refractivity contribution in [2.24, 2.45) is 0 Å². The van der Waals surface area contributed by atoms with E-state index in [-0.39, 0.29) is 18.9 Å². The van der Waals surface area contributed by atoms with Gasteiger partial charge < -0.3 is 24.6 Å². The topological polar surface area (TPSA) is 94.1 Å². The van der Waals surface area contributed by atoms with Gasteiger partial charge in [0.25, 0.3) is 5.91 Å². The molecule has 7 heteroatoms. The van der Waals surface area contributed by atoms with E-state index in [0.29, 0.717) is 50.7 Å². The molecule has 136 valence electrons. The normalized spacial score (nSPS) is 10.2. The summed E-state index contributed by atoms with van der Waals surface area (Å²) in [4.78, 5) is 22.2. The third-order valence-corrected chi connectivity index (χ3v) is 3.03. The molecular formula is C18H23NO6. The predicted molar refractivity (Wildman–Crippen MR) is 91.4 cm³/mol. The summed E-state index contributed by atoms with van der Waals surface area (Å²) in [6, 6.07) is 6.85. The van der Waals surface area contributed by atoms with Crippen molar-refractivity contribution in [3.05, 3.63) is 35.4 Å². The molecule has 25 heavy (non-hydrogen) atoms. The third-order valence-electron chi connectivity index (χ3n) is 3.03. The first-order valence-electron chi connectivity index (χ1n) is 7.93. The van der Waals surface area contributed by atoms with Crippen LogP contribution in [-0.2, 0) is 19.0 Å². The molecule has 0 aliphatic rings. The van der Waals surface area contributed by atoms with E-state index < -0.39 is 5.97 Å². The molecule has 0 saturated carbocycles. The summed E-state index contributed by atoms with van der Waals surface area (Å²) in [6.45, 7) is 2.47. The number of ether oxygens (including phenoxy) is 3. The van der Waals surface area contributed by atoms with E-state index in [1.807, 2.05) is 0 Å². The average Bonchev–Trinajstić information content (AvgIpc) is 2.62. The van der Waals surface area contributed by atoms with Gasteiger partial charge >= 0.3 is 5.97 Å². The van der Waals surface area contributed by atoms with E-state index in [0.717, 1.165) is 0 Å². The van der Waals surface area contributed by atoms with Gasteiger partial charge in [-0.05, 0) is 18.2 Å². The van der Waals surface area contributed by atoms with Gasteiger partial charge in [0, 0.05) is 17.7 Å². The molecule has 0 aromatic heterocycles. The highest BCUT2D eigenvalue weighted by molar-refractivity contribution is 5.94. The zero-order chi connectivity index (χ0) is 18.3. The Hall–Kier alpha value is -2.40. The molecule has 0 spiro atoms. The summed E-state index contributed by atoms with van der Waals surface area (Å²) in [6.07, 6.45) is 5.29. The average molecular weight is 349 g/mol. The van der Waals surface area contributed by atoms with Crippen molar-refractivity contribution >= 4 is 11.9 Å². The van der Waals surface area contributed by atoms with Gasteiger partial charge in [-0.2, -0.15) is 0 Å². The molecule has 7 nitrogen and oxygen atoms in total. The Bertz CT molecular complexity index is 581. The van der Waals surface area contributed by atoms with Crippen LogP contribution in [0.1, 0.15) is 22.3 Å². The Morgan fingerprint density at radius 1 is 1.04 bits per heavy atom. The number of carboxylic acids is 1. The maximum absolute atomic E-state index is 11.9. The Morgan fingerprint density at radius 3 is 2.32 bits per heavy atom. The molecule has 1 aromatic rings. The zero-order valence-corrected chi connectivity index (χ0v) is 14.0. The monoisotopic (exact) mass is 349 g/mol. The lowest BCUT2D eigenvalue weighted by molar-refractivity contribution is -0.138. The Labute approximate surface area is 147 Å². The zero-order valence-electron chi connectivity index (χ0n) is 14.0. The molecule has 0 heterocycles. The number of carboxylic acid groups (broad SMARTS) is 1. The van der Waals surface area contributed by atoms with Gasteiger partial charge in [-0.1, -0.05) is 12.0 Å². The van der Waals surface area contributed by atoms with E-state index in [4.69, 9.17) is 25.7 Å². The first-order valence-corrected chi connectivity index (χ1v) is 7.93. The molecule has 0 bridgehead atoms. The summed E-state index contributed by atoms with van der Waals surface area (Å²) in [5.41, 5.74) is 1.18.